The minimum absolute atomic E-state index is 0.384. The molecule has 3 fully saturated rings. The molecule has 2 heterocycles. The zero-order valence-electron chi connectivity index (χ0n) is 15.9. The molecule has 29 heavy (non-hydrogen) atoms. The minimum Gasteiger partial charge on any atom is -0.457 e. The average Bonchev–Trinajstić information content (AvgIpc) is 3.11. The number of carbonyl (C=O) groups is 1. The number of piperidine rings is 1. The first-order chi connectivity index (χ1) is 14.2. The van der Waals surface area contributed by atoms with Gasteiger partial charge in [0.05, 0.1) is 11.6 Å². The van der Waals surface area contributed by atoms with E-state index in [4.69, 9.17) is 15.6 Å². The van der Waals surface area contributed by atoms with Crippen LogP contribution in [0.3, 0.4) is 0 Å². The largest absolute Gasteiger partial charge is 0.457 e. The van der Waals surface area contributed by atoms with Gasteiger partial charge in [-0.1, -0.05) is 18.2 Å². The molecule has 0 bridgehead atoms. The summed E-state index contributed by atoms with van der Waals surface area (Å²) in [7, 11) is 0. The summed E-state index contributed by atoms with van der Waals surface area (Å²) in [5.74, 6) is 2.54. The van der Waals surface area contributed by atoms with Gasteiger partial charge in [-0.2, -0.15) is 5.10 Å². The summed E-state index contributed by atoms with van der Waals surface area (Å²) in [6.45, 7) is 2.24. The van der Waals surface area contributed by atoms with Gasteiger partial charge in [0.15, 0.2) is 0 Å². The van der Waals surface area contributed by atoms with E-state index in [1.165, 1.54) is 0 Å². The van der Waals surface area contributed by atoms with E-state index >= 15 is 0 Å². The minimum atomic E-state index is -0.442. The first kappa shape index (κ1) is 16.8. The first-order valence-electron chi connectivity index (χ1n) is 10.1. The molecule has 2 aliphatic carbocycles. The summed E-state index contributed by atoms with van der Waals surface area (Å²) in [6, 6.07) is 17.7. The standard InChI is InChI=1S/C23H22N4O2/c24-22(28)17-12-27(19-10-23-13-25-11-18(23)20(19)23)26-21(17)14-6-8-16(9-7-14)29-15-4-2-1-3-5-15/h1-9,12,18-20,25H,10-11,13H2,(H2,24,28)/t18?,19-,20?,23+/m1/s1. The number of rotatable bonds is 5. The van der Waals surface area contributed by atoms with Gasteiger partial charge in [-0.3, -0.25) is 9.48 Å². The highest BCUT2D eigenvalue weighted by atomic mass is 16.5. The van der Waals surface area contributed by atoms with E-state index in [1.807, 2.05) is 65.5 Å². The van der Waals surface area contributed by atoms with Crippen molar-refractivity contribution in [1.29, 1.82) is 0 Å². The Balaban J connectivity index is 1.27. The summed E-state index contributed by atoms with van der Waals surface area (Å²) in [4.78, 5) is 12.1. The molecule has 146 valence electrons. The summed E-state index contributed by atoms with van der Waals surface area (Å²) >= 11 is 0. The van der Waals surface area contributed by atoms with Gasteiger partial charge in [0, 0.05) is 18.3 Å². The number of nitrogens with two attached hydrogens (primary N) is 1. The molecule has 1 spiro atoms. The number of primary amides is 1. The molecule has 1 aliphatic heterocycles. The molecular formula is C23H22N4O2. The molecule has 6 heteroatoms. The van der Waals surface area contributed by atoms with Crippen LogP contribution >= 0.6 is 0 Å². The van der Waals surface area contributed by atoms with Crippen LogP contribution in [0.15, 0.2) is 60.8 Å². The third-order valence-electron chi connectivity index (χ3n) is 6.99. The van der Waals surface area contributed by atoms with Crippen LogP contribution in [0.1, 0.15) is 22.8 Å². The lowest BCUT2D eigenvalue weighted by Gasteiger charge is -2.34. The smallest absolute Gasteiger partial charge is 0.252 e. The third-order valence-corrected chi connectivity index (χ3v) is 6.99. The topological polar surface area (TPSA) is 82.2 Å². The number of hydrogen-bond acceptors (Lipinski definition) is 4. The van der Waals surface area contributed by atoms with Gasteiger partial charge in [-0.15, -0.1) is 0 Å². The van der Waals surface area contributed by atoms with Gasteiger partial charge in [0.1, 0.15) is 17.2 Å². The van der Waals surface area contributed by atoms with Crippen molar-refractivity contribution in [1.82, 2.24) is 15.1 Å². The Labute approximate surface area is 168 Å². The Bertz CT molecular complexity index is 1090. The molecule has 1 amide bonds. The monoisotopic (exact) mass is 386 g/mol. The summed E-state index contributed by atoms with van der Waals surface area (Å²) < 4.78 is 7.84. The number of para-hydroxylation sites is 1. The second kappa shape index (κ2) is 5.94. The number of hydrogen-bond donors (Lipinski definition) is 2. The maximum Gasteiger partial charge on any atom is 0.252 e. The molecule has 1 aromatic heterocycles. The second-order valence-electron chi connectivity index (χ2n) is 8.44. The maximum absolute atomic E-state index is 12.1. The van der Waals surface area contributed by atoms with Crippen LogP contribution in [0.5, 0.6) is 11.5 Å². The van der Waals surface area contributed by atoms with E-state index < -0.39 is 5.91 Å². The third kappa shape index (κ3) is 2.45. The fourth-order valence-electron chi connectivity index (χ4n) is 5.54. The van der Waals surface area contributed by atoms with E-state index in [2.05, 4.69) is 5.32 Å². The number of ether oxygens (including phenoxy) is 1. The maximum atomic E-state index is 12.1. The normalized spacial score (nSPS) is 28.9. The molecule has 3 aliphatic rings. The summed E-state index contributed by atoms with van der Waals surface area (Å²) in [5, 5.41) is 8.28. The Kier molecular flexibility index (Phi) is 3.44. The van der Waals surface area contributed by atoms with Crippen molar-refractivity contribution >= 4 is 5.91 Å². The van der Waals surface area contributed by atoms with Crippen LogP contribution in [0, 0.1) is 17.3 Å². The lowest BCUT2D eigenvalue weighted by atomic mass is 9.80. The number of aromatic nitrogens is 2. The summed E-state index contributed by atoms with van der Waals surface area (Å²) in [5.41, 5.74) is 8.16. The lowest BCUT2D eigenvalue weighted by molar-refractivity contribution is 0.100. The fraction of sp³-hybridized carbons (Fsp3) is 0.304. The SMILES string of the molecule is NC(=O)c1cn([C@@H]2C[C@]34CNCC3C24)nc1-c1ccc(Oc2ccccc2)cc1. The predicted octanol–water partition coefficient (Wildman–Crippen LogP) is 3.22. The van der Waals surface area contributed by atoms with Crippen LogP contribution in [0.4, 0.5) is 0 Å². The number of carbonyl (C=O) groups excluding carboxylic acids is 1. The highest BCUT2D eigenvalue weighted by molar-refractivity contribution is 5.98. The van der Waals surface area contributed by atoms with Gasteiger partial charge in [-0.25, -0.2) is 0 Å². The molecular weight excluding hydrogens is 364 g/mol. The van der Waals surface area contributed by atoms with E-state index in [0.717, 1.165) is 42.5 Å². The highest BCUT2D eigenvalue weighted by Crippen LogP contribution is 2.77. The van der Waals surface area contributed by atoms with E-state index in [0.29, 0.717) is 28.6 Å². The van der Waals surface area contributed by atoms with Gasteiger partial charge in [-0.05, 0) is 66.6 Å². The Morgan fingerprint density at radius 2 is 1.90 bits per heavy atom. The second-order valence-corrected chi connectivity index (χ2v) is 8.44. The van der Waals surface area contributed by atoms with Crippen LogP contribution in [0.25, 0.3) is 11.3 Å². The zero-order valence-corrected chi connectivity index (χ0v) is 15.9. The molecule has 2 aromatic carbocycles. The average molecular weight is 386 g/mol. The predicted molar refractivity (Wildman–Crippen MR) is 109 cm³/mol. The van der Waals surface area contributed by atoms with E-state index in [-0.39, 0.29) is 0 Å². The highest BCUT2D eigenvalue weighted by Gasteiger charge is 2.77. The Morgan fingerprint density at radius 1 is 1.14 bits per heavy atom. The van der Waals surface area contributed by atoms with Gasteiger partial charge >= 0.3 is 0 Å². The molecule has 2 unspecified atom stereocenters. The molecule has 0 radical (unpaired) electrons. The molecule has 6 nitrogen and oxygen atoms in total. The van der Waals surface area contributed by atoms with Crippen LogP contribution < -0.4 is 15.8 Å². The van der Waals surface area contributed by atoms with Crippen molar-refractivity contribution in [2.75, 3.05) is 13.1 Å². The van der Waals surface area contributed by atoms with Crippen LogP contribution in [0.2, 0.25) is 0 Å². The molecule has 2 saturated carbocycles. The van der Waals surface area contributed by atoms with E-state index in [9.17, 15) is 4.79 Å². The lowest BCUT2D eigenvalue weighted by Crippen LogP contribution is -2.35. The van der Waals surface area contributed by atoms with Crippen molar-refractivity contribution in [3.63, 3.8) is 0 Å². The molecule has 3 aromatic rings. The van der Waals surface area contributed by atoms with Crippen molar-refractivity contribution < 1.29 is 9.53 Å². The van der Waals surface area contributed by atoms with E-state index in [1.54, 1.807) is 0 Å². The number of nitrogens with zero attached hydrogens (tertiary/aromatic N) is 2. The van der Waals surface area contributed by atoms with Crippen LogP contribution in [-0.4, -0.2) is 28.8 Å². The van der Waals surface area contributed by atoms with Crippen molar-refractivity contribution in [3.8, 4) is 22.8 Å². The molecule has 4 atom stereocenters. The number of amides is 1. The number of fused-ring (bicyclic) bond motifs is 1. The Morgan fingerprint density at radius 3 is 2.62 bits per heavy atom. The number of nitrogens with one attached hydrogen (secondary N) is 1. The molecule has 6 rings (SSSR count). The molecule has 1 saturated heterocycles. The quantitative estimate of drug-likeness (QED) is 0.705. The Hall–Kier alpha value is -3.12. The molecule has 3 N–H and O–H groups in total. The van der Waals surface area contributed by atoms with Crippen molar-refractivity contribution in [2.45, 2.75) is 12.5 Å². The zero-order chi connectivity index (χ0) is 19.6. The number of benzene rings is 2. The fourth-order valence-corrected chi connectivity index (χ4v) is 5.54. The van der Waals surface area contributed by atoms with Crippen molar-refractivity contribution in [3.05, 3.63) is 66.4 Å². The van der Waals surface area contributed by atoms with Gasteiger partial charge in [0.2, 0.25) is 0 Å². The van der Waals surface area contributed by atoms with Gasteiger partial charge < -0.3 is 15.8 Å². The summed E-state index contributed by atoms with van der Waals surface area (Å²) in [6.07, 6.45) is 2.98. The van der Waals surface area contributed by atoms with Crippen LogP contribution in [-0.2, 0) is 0 Å². The van der Waals surface area contributed by atoms with Gasteiger partial charge in [0.25, 0.3) is 5.91 Å². The first-order valence-corrected chi connectivity index (χ1v) is 10.1. The van der Waals surface area contributed by atoms with Crippen molar-refractivity contribution in [2.24, 2.45) is 23.0 Å².